The minimum Gasteiger partial charge on any atom is -0.377 e. The van der Waals surface area contributed by atoms with Crippen LogP contribution in [-0.4, -0.2) is 28.5 Å². The standard InChI is InChI=1S/C16H28BrN3O/c1-5-20-13(15(17)12(3)19-20)9-14(18)16(21-4)8-6-7-11(2)10-16/h11,14H,5-10,18H2,1-4H3. The van der Waals surface area contributed by atoms with E-state index in [1.165, 1.54) is 18.5 Å². The third-order valence-corrected chi connectivity index (χ3v) is 5.97. The van der Waals surface area contributed by atoms with Crippen LogP contribution in [0.3, 0.4) is 0 Å². The molecule has 1 aliphatic carbocycles. The second kappa shape index (κ2) is 6.80. The first-order valence-electron chi connectivity index (χ1n) is 7.96. The molecule has 1 aliphatic rings. The van der Waals surface area contributed by atoms with E-state index < -0.39 is 0 Å². The number of halogens is 1. The van der Waals surface area contributed by atoms with Gasteiger partial charge in [0, 0.05) is 26.1 Å². The molecular weight excluding hydrogens is 330 g/mol. The van der Waals surface area contributed by atoms with E-state index >= 15 is 0 Å². The summed E-state index contributed by atoms with van der Waals surface area (Å²) in [5, 5.41) is 4.56. The summed E-state index contributed by atoms with van der Waals surface area (Å²) in [4.78, 5) is 0. The fraction of sp³-hybridized carbons (Fsp3) is 0.812. The minimum absolute atomic E-state index is 0.00273. The molecule has 0 radical (unpaired) electrons. The summed E-state index contributed by atoms with van der Waals surface area (Å²) < 4.78 is 9.08. The van der Waals surface area contributed by atoms with E-state index in [4.69, 9.17) is 10.5 Å². The predicted octanol–water partition coefficient (Wildman–Crippen LogP) is 3.44. The van der Waals surface area contributed by atoms with Crippen molar-refractivity contribution in [3.63, 3.8) is 0 Å². The third-order valence-electron chi connectivity index (χ3n) is 4.94. The molecule has 4 nitrogen and oxygen atoms in total. The molecular formula is C16H28BrN3O. The van der Waals surface area contributed by atoms with Crippen molar-refractivity contribution < 1.29 is 4.74 Å². The van der Waals surface area contributed by atoms with Crippen molar-refractivity contribution in [2.45, 2.75) is 71.1 Å². The molecule has 1 heterocycles. The van der Waals surface area contributed by atoms with Gasteiger partial charge >= 0.3 is 0 Å². The van der Waals surface area contributed by atoms with E-state index in [0.29, 0.717) is 5.92 Å². The van der Waals surface area contributed by atoms with Crippen molar-refractivity contribution >= 4 is 15.9 Å². The first-order valence-corrected chi connectivity index (χ1v) is 8.75. The fourth-order valence-corrected chi connectivity index (χ4v) is 4.12. The van der Waals surface area contributed by atoms with E-state index in [9.17, 15) is 0 Å². The molecule has 0 aliphatic heterocycles. The van der Waals surface area contributed by atoms with Gasteiger partial charge in [0.2, 0.25) is 0 Å². The molecule has 120 valence electrons. The maximum atomic E-state index is 6.60. The molecule has 0 spiro atoms. The van der Waals surface area contributed by atoms with Gasteiger partial charge in [0.15, 0.2) is 0 Å². The molecule has 5 heteroatoms. The Hall–Kier alpha value is -0.390. The average Bonchev–Trinajstić information content (AvgIpc) is 2.74. The van der Waals surface area contributed by atoms with Crippen molar-refractivity contribution in [1.29, 1.82) is 0 Å². The maximum Gasteiger partial charge on any atom is 0.0835 e. The predicted molar refractivity (Wildman–Crippen MR) is 89.4 cm³/mol. The maximum absolute atomic E-state index is 6.60. The number of aryl methyl sites for hydroxylation is 2. The van der Waals surface area contributed by atoms with Gasteiger partial charge in [-0.05, 0) is 48.5 Å². The third kappa shape index (κ3) is 3.35. The Kier molecular flexibility index (Phi) is 5.49. The quantitative estimate of drug-likeness (QED) is 0.877. The molecule has 21 heavy (non-hydrogen) atoms. The average molecular weight is 358 g/mol. The number of nitrogens with two attached hydrogens (primary N) is 1. The van der Waals surface area contributed by atoms with Gasteiger partial charge in [-0.2, -0.15) is 5.10 Å². The van der Waals surface area contributed by atoms with E-state index in [-0.39, 0.29) is 11.6 Å². The summed E-state index contributed by atoms with van der Waals surface area (Å²) in [5.41, 5.74) is 8.64. The van der Waals surface area contributed by atoms with Crippen LogP contribution in [0.25, 0.3) is 0 Å². The summed E-state index contributed by atoms with van der Waals surface area (Å²) in [7, 11) is 1.81. The SMILES string of the molecule is CCn1nc(C)c(Br)c1CC(N)C1(OC)CCCC(C)C1. The van der Waals surface area contributed by atoms with Gasteiger partial charge in [0.05, 0.1) is 21.5 Å². The lowest BCUT2D eigenvalue weighted by atomic mass is 9.73. The van der Waals surface area contributed by atoms with Crippen LogP contribution >= 0.6 is 15.9 Å². The van der Waals surface area contributed by atoms with Crippen LogP contribution < -0.4 is 5.73 Å². The Balaban J connectivity index is 2.21. The lowest BCUT2D eigenvalue weighted by Crippen LogP contribution is -2.53. The largest absolute Gasteiger partial charge is 0.377 e. The smallest absolute Gasteiger partial charge is 0.0835 e. The van der Waals surface area contributed by atoms with Crippen molar-refractivity contribution in [2.24, 2.45) is 11.7 Å². The zero-order chi connectivity index (χ0) is 15.6. The first-order chi connectivity index (χ1) is 9.93. The molecule has 0 amide bonds. The minimum atomic E-state index is -0.187. The molecule has 1 aromatic rings. The molecule has 1 aromatic heterocycles. The summed E-state index contributed by atoms with van der Waals surface area (Å²) in [6.07, 6.45) is 5.41. The highest BCUT2D eigenvalue weighted by Gasteiger charge is 2.41. The van der Waals surface area contributed by atoms with Crippen LogP contribution in [0.1, 0.15) is 50.9 Å². The van der Waals surface area contributed by atoms with Crippen LogP contribution in [0.5, 0.6) is 0 Å². The lowest BCUT2D eigenvalue weighted by molar-refractivity contribution is -0.0708. The highest BCUT2D eigenvalue weighted by atomic mass is 79.9. The van der Waals surface area contributed by atoms with Crippen LogP contribution in [0, 0.1) is 12.8 Å². The zero-order valence-electron chi connectivity index (χ0n) is 13.7. The molecule has 3 atom stereocenters. The Morgan fingerprint density at radius 1 is 1.57 bits per heavy atom. The van der Waals surface area contributed by atoms with Crippen LogP contribution in [0.15, 0.2) is 4.47 Å². The summed E-state index contributed by atoms with van der Waals surface area (Å²) in [6.45, 7) is 7.31. The Morgan fingerprint density at radius 2 is 2.29 bits per heavy atom. The number of hydrogen-bond acceptors (Lipinski definition) is 3. The summed E-state index contributed by atoms with van der Waals surface area (Å²) in [5.74, 6) is 0.686. The highest BCUT2D eigenvalue weighted by molar-refractivity contribution is 9.10. The molecule has 1 saturated carbocycles. The fourth-order valence-electron chi connectivity index (χ4n) is 3.68. The van der Waals surface area contributed by atoms with Gasteiger partial charge in [-0.3, -0.25) is 4.68 Å². The second-order valence-corrected chi connectivity index (χ2v) is 7.24. The number of ether oxygens (including phenoxy) is 1. The Bertz CT molecular complexity index is 488. The number of aromatic nitrogens is 2. The highest BCUT2D eigenvalue weighted by Crippen LogP contribution is 2.38. The zero-order valence-corrected chi connectivity index (χ0v) is 15.2. The molecule has 3 unspecified atom stereocenters. The van der Waals surface area contributed by atoms with Gasteiger partial charge in [-0.15, -0.1) is 0 Å². The number of methoxy groups -OCH3 is 1. The monoisotopic (exact) mass is 357 g/mol. The molecule has 0 saturated heterocycles. The van der Waals surface area contributed by atoms with E-state index in [1.54, 1.807) is 0 Å². The van der Waals surface area contributed by atoms with E-state index in [1.807, 2.05) is 14.0 Å². The number of nitrogens with zero attached hydrogens (tertiary/aromatic N) is 2. The topological polar surface area (TPSA) is 53.1 Å². The van der Waals surface area contributed by atoms with Gasteiger partial charge in [0.1, 0.15) is 0 Å². The van der Waals surface area contributed by atoms with Crippen molar-refractivity contribution in [3.05, 3.63) is 15.9 Å². The molecule has 2 N–H and O–H groups in total. The van der Waals surface area contributed by atoms with Crippen LogP contribution in [0.4, 0.5) is 0 Å². The number of hydrogen-bond donors (Lipinski definition) is 1. The van der Waals surface area contributed by atoms with Crippen molar-refractivity contribution in [2.75, 3.05) is 7.11 Å². The first kappa shape index (κ1) is 17.0. The number of rotatable bonds is 5. The van der Waals surface area contributed by atoms with E-state index in [2.05, 4.69) is 39.6 Å². The van der Waals surface area contributed by atoms with E-state index in [0.717, 1.165) is 36.0 Å². The van der Waals surface area contributed by atoms with Gasteiger partial charge < -0.3 is 10.5 Å². The molecule has 0 bridgehead atoms. The Labute approximate surface area is 136 Å². The van der Waals surface area contributed by atoms with Crippen molar-refractivity contribution in [1.82, 2.24) is 9.78 Å². The second-order valence-electron chi connectivity index (χ2n) is 6.44. The van der Waals surface area contributed by atoms with Crippen LogP contribution in [-0.2, 0) is 17.7 Å². The van der Waals surface area contributed by atoms with Gasteiger partial charge in [-0.25, -0.2) is 0 Å². The Morgan fingerprint density at radius 3 is 2.86 bits per heavy atom. The molecule has 1 fully saturated rings. The normalized spacial score (nSPS) is 27.8. The van der Waals surface area contributed by atoms with Crippen molar-refractivity contribution in [3.8, 4) is 0 Å². The summed E-state index contributed by atoms with van der Waals surface area (Å²) in [6, 6.07) is 0.00273. The van der Waals surface area contributed by atoms with Crippen LogP contribution in [0.2, 0.25) is 0 Å². The molecule has 0 aromatic carbocycles. The molecule has 2 rings (SSSR count). The van der Waals surface area contributed by atoms with Gasteiger partial charge in [-0.1, -0.05) is 19.8 Å². The summed E-state index contributed by atoms with van der Waals surface area (Å²) >= 11 is 3.67. The lowest BCUT2D eigenvalue weighted by Gasteiger charge is -2.43. The van der Waals surface area contributed by atoms with Gasteiger partial charge in [0.25, 0.3) is 0 Å².